The van der Waals surface area contributed by atoms with E-state index >= 15 is 0 Å². The molecule has 0 fully saturated rings. The van der Waals surface area contributed by atoms with Gasteiger partial charge >= 0.3 is 0 Å². The first-order valence-corrected chi connectivity index (χ1v) is 7.51. The average Bonchev–Trinajstić information content (AvgIpc) is 3.03. The van der Waals surface area contributed by atoms with Crippen LogP contribution in [-0.4, -0.2) is 29.6 Å². The maximum atomic E-state index is 11.7. The van der Waals surface area contributed by atoms with E-state index in [0.717, 1.165) is 12.0 Å². The molecule has 0 aliphatic carbocycles. The van der Waals surface area contributed by atoms with Crippen molar-refractivity contribution in [3.05, 3.63) is 35.7 Å². The van der Waals surface area contributed by atoms with Crippen molar-refractivity contribution >= 4 is 5.91 Å². The number of hydrogen-bond acceptors (Lipinski definition) is 5. The molecule has 6 heteroatoms. The molecule has 0 radical (unpaired) electrons. The number of benzene rings is 1. The Morgan fingerprint density at radius 3 is 2.68 bits per heavy atom. The lowest BCUT2D eigenvalue weighted by atomic mass is 10.1. The molecule has 2 rings (SSSR count). The topological polar surface area (TPSA) is 80.0 Å². The summed E-state index contributed by atoms with van der Waals surface area (Å²) >= 11 is 0. The summed E-state index contributed by atoms with van der Waals surface area (Å²) in [6.45, 7) is 4.58. The molecule has 1 aromatic carbocycles. The highest BCUT2D eigenvalue weighted by Crippen LogP contribution is 2.19. The van der Waals surface area contributed by atoms with Gasteiger partial charge in [-0.2, -0.15) is 4.98 Å². The Morgan fingerprint density at radius 1 is 1.32 bits per heavy atom. The van der Waals surface area contributed by atoms with Crippen molar-refractivity contribution in [1.82, 2.24) is 20.8 Å². The van der Waals surface area contributed by atoms with Gasteiger partial charge in [0.2, 0.25) is 17.6 Å². The number of hydrogen-bond donors (Lipinski definition) is 2. The van der Waals surface area contributed by atoms with Crippen molar-refractivity contribution in [3.63, 3.8) is 0 Å². The van der Waals surface area contributed by atoms with Crippen molar-refractivity contribution in [2.24, 2.45) is 0 Å². The maximum Gasteiger partial charge on any atom is 0.249 e. The Morgan fingerprint density at radius 2 is 2.05 bits per heavy atom. The maximum absolute atomic E-state index is 11.7. The Bertz CT molecular complexity index is 607. The first kappa shape index (κ1) is 16.2. The van der Waals surface area contributed by atoms with Crippen LogP contribution in [0.25, 0.3) is 11.4 Å². The van der Waals surface area contributed by atoms with Gasteiger partial charge in [-0.3, -0.25) is 4.79 Å². The van der Waals surface area contributed by atoms with Gasteiger partial charge in [0.25, 0.3) is 0 Å². The molecule has 2 N–H and O–H groups in total. The fourth-order valence-electron chi connectivity index (χ4n) is 2.03. The number of carbonyl (C=O) groups is 1. The summed E-state index contributed by atoms with van der Waals surface area (Å²) in [4.78, 5) is 16.1. The van der Waals surface area contributed by atoms with Crippen LogP contribution in [0.2, 0.25) is 0 Å². The second kappa shape index (κ2) is 7.70. The summed E-state index contributed by atoms with van der Waals surface area (Å²) in [6.07, 6.45) is 1.41. The van der Waals surface area contributed by atoms with Gasteiger partial charge < -0.3 is 15.2 Å². The van der Waals surface area contributed by atoms with Crippen LogP contribution in [0.4, 0.5) is 0 Å². The van der Waals surface area contributed by atoms with E-state index in [2.05, 4.69) is 27.7 Å². The van der Waals surface area contributed by atoms with Crippen molar-refractivity contribution in [1.29, 1.82) is 0 Å². The molecule has 0 aliphatic heterocycles. The summed E-state index contributed by atoms with van der Waals surface area (Å²) < 4.78 is 5.25. The molecule has 2 aromatic rings. The smallest absolute Gasteiger partial charge is 0.249 e. The Kier molecular flexibility index (Phi) is 5.66. The molecule has 1 aromatic heterocycles. The summed E-state index contributed by atoms with van der Waals surface area (Å²) in [5.41, 5.74) is 2.17. The van der Waals surface area contributed by atoms with Gasteiger partial charge in [0.1, 0.15) is 6.04 Å². The monoisotopic (exact) mass is 302 g/mol. The number of rotatable bonds is 7. The van der Waals surface area contributed by atoms with Crippen molar-refractivity contribution in [3.8, 4) is 11.4 Å². The van der Waals surface area contributed by atoms with Crippen LogP contribution in [0.15, 0.2) is 28.8 Å². The number of aromatic nitrogens is 2. The van der Waals surface area contributed by atoms with Crippen LogP contribution >= 0.6 is 0 Å². The van der Waals surface area contributed by atoms with Gasteiger partial charge in [0, 0.05) is 18.5 Å². The molecule has 22 heavy (non-hydrogen) atoms. The van der Waals surface area contributed by atoms with E-state index in [-0.39, 0.29) is 11.9 Å². The SMILES string of the molecule is CCc1ccc(-c2noc(C(C)NC(=O)CCNC)n2)cc1. The molecule has 0 saturated heterocycles. The molecule has 1 unspecified atom stereocenters. The van der Waals surface area contributed by atoms with Gasteiger partial charge in [0.05, 0.1) is 0 Å². The van der Waals surface area contributed by atoms with Crippen LogP contribution < -0.4 is 10.6 Å². The minimum atomic E-state index is -0.305. The zero-order valence-corrected chi connectivity index (χ0v) is 13.2. The molecule has 118 valence electrons. The summed E-state index contributed by atoms with van der Waals surface area (Å²) in [6, 6.07) is 7.75. The zero-order chi connectivity index (χ0) is 15.9. The van der Waals surface area contributed by atoms with Crippen molar-refractivity contribution in [2.75, 3.05) is 13.6 Å². The third-order valence-corrected chi connectivity index (χ3v) is 3.41. The van der Waals surface area contributed by atoms with Crippen molar-refractivity contribution < 1.29 is 9.32 Å². The highest BCUT2D eigenvalue weighted by molar-refractivity contribution is 5.76. The largest absolute Gasteiger partial charge is 0.345 e. The van der Waals surface area contributed by atoms with Crippen molar-refractivity contribution in [2.45, 2.75) is 32.7 Å². The predicted molar refractivity (Wildman–Crippen MR) is 84.2 cm³/mol. The molecule has 0 spiro atoms. The van der Waals surface area contributed by atoms with E-state index < -0.39 is 0 Å². The lowest BCUT2D eigenvalue weighted by molar-refractivity contribution is -0.121. The molecule has 0 bridgehead atoms. The molecular formula is C16H22N4O2. The third-order valence-electron chi connectivity index (χ3n) is 3.41. The van der Waals surface area contributed by atoms with E-state index in [1.165, 1.54) is 5.56 Å². The van der Waals surface area contributed by atoms with Crippen LogP contribution in [0.5, 0.6) is 0 Å². The fraction of sp³-hybridized carbons (Fsp3) is 0.438. The fourth-order valence-corrected chi connectivity index (χ4v) is 2.03. The molecule has 0 aliphatic rings. The molecule has 0 saturated carbocycles. The highest BCUT2D eigenvalue weighted by atomic mass is 16.5. The van der Waals surface area contributed by atoms with E-state index in [1.807, 2.05) is 38.2 Å². The van der Waals surface area contributed by atoms with Crippen LogP contribution in [-0.2, 0) is 11.2 Å². The van der Waals surface area contributed by atoms with Gasteiger partial charge in [-0.25, -0.2) is 0 Å². The first-order valence-electron chi connectivity index (χ1n) is 7.51. The average molecular weight is 302 g/mol. The van der Waals surface area contributed by atoms with E-state index in [1.54, 1.807) is 0 Å². The molecule has 1 atom stereocenters. The minimum Gasteiger partial charge on any atom is -0.345 e. The Labute approximate surface area is 130 Å². The zero-order valence-electron chi connectivity index (χ0n) is 13.2. The number of aryl methyl sites for hydroxylation is 1. The van der Waals surface area contributed by atoms with E-state index in [4.69, 9.17) is 4.52 Å². The Hall–Kier alpha value is -2.21. The standard InChI is InChI=1S/C16H22N4O2/c1-4-12-5-7-13(8-6-12)15-19-16(22-20-15)11(2)18-14(21)9-10-17-3/h5-8,11,17H,4,9-10H2,1-3H3,(H,18,21). The lowest BCUT2D eigenvalue weighted by Gasteiger charge is -2.09. The molecule has 6 nitrogen and oxygen atoms in total. The van der Waals surface area contributed by atoms with Gasteiger partial charge in [-0.15, -0.1) is 0 Å². The quantitative estimate of drug-likeness (QED) is 0.818. The first-order chi connectivity index (χ1) is 10.6. The van der Waals surface area contributed by atoms with Gasteiger partial charge in [0.15, 0.2) is 0 Å². The molecule has 1 heterocycles. The van der Waals surface area contributed by atoms with Gasteiger partial charge in [-0.05, 0) is 26.0 Å². The van der Waals surface area contributed by atoms with E-state index in [0.29, 0.717) is 24.7 Å². The van der Waals surface area contributed by atoms with Crippen LogP contribution in [0.1, 0.15) is 37.8 Å². The second-order valence-electron chi connectivity index (χ2n) is 5.15. The number of nitrogens with one attached hydrogen (secondary N) is 2. The number of amides is 1. The lowest BCUT2D eigenvalue weighted by Crippen LogP contribution is -2.29. The third kappa shape index (κ3) is 4.14. The highest BCUT2D eigenvalue weighted by Gasteiger charge is 2.17. The van der Waals surface area contributed by atoms with Gasteiger partial charge in [-0.1, -0.05) is 36.3 Å². The second-order valence-corrected chi connectivity index (χ2v) is 5.15. The number of carbonyl (C=O) groups excluding carboxylic acids is 1. The normalized spacial score (nSPS) is 12.1. The van der Waals surface area contributed by atoms with Crippen LogP contribution in [0.3, 0.4) is 0 Å². The summed E-state index contributed by atoms with van der Waals surface area (Å²) in [5.74, 6) is 0.898. The Balaban J connectivity index is 2.02. The minimum absolute atomic E-state index is 0.0473. The van der Waals surface area contributed by atoms with E-state index in [9.17, 15) is 4.79 Å². The summed E-state index contributed by atoms with van der Waals surface area (Å²) in [7, 11) is 1.81. The summed E-state index contributed by atoms with van der Waals surface area (Å²) in [5, 5.41) is 9.76. The van der Waals surface area contributed by atoms with Crippen LogP contribution in [0, 0.1) is 0 Å². The molecule has 1 amide bonds. The number of nitrogens with zero attached hydrogens (tertiary/aromatic N) is 2. The predicted octanol–water partition coefficient (Wildman–Crippen LogP) is 2.09. The molecular weight excluding hydrogens is 280 g/mol.